The topological polar surface area (TPSA) is 86.5 Å². The van der Waals surface area contributed by atoms with Gasteiger partial charge in [-0.2, -0.15) is 0 Å². The molecule has 0 bridgehead atoms. The number of amides is 1. The number of para-hydroxylation sites is 2. The van der Waals surface area contributed by atoms with Gasteiger partial charge in [0.15, 0.2) is 11.5 Å². The van der Waals surface area contributed by atoms with E-state index in [4.69, 9.17) is 13.9 Å². The lowest BCUT2D eigenvalue weighted by Crippen LogP contribution is -2.40. The Labute approximate surface area is 150 Å². The SMILES string of the molecule is Cc1ccc(-c2nnc(NC(=O)C3COc4ccccc4O3)o2)c(C)c1. The van der Waals surface area contributed by atoms with E-state index >= 15 is 0 Å². The quantitative estimate of drug-likeness (QED) is 0.780. The Hall–Kier alpha value is -3.35. The first-order chi connectivity index (χ1) is 12.6. The van der Waals surface area contributed by atoms with Crippen molar-refractivity contribution in [2.24, 2.45) is 0 Å². The smallest absolute Gasteiger partial charge is 0.322 e. The van der Waals surface area contributed by atoms with E-state index in [0.29, 0.717) is 17.4 Å². The summed E-state index contributed by atoms with van der Waals surface area (Å²) in [4.78, 5) is 12.4. The number of nitrogens with one attached hydrogen (secondary N) is 1. The monoisotopic (exact) mass is 351 g/mol. The summed E-state index contributed by atoms with van der Waals surface area (Å²) in [5.41, 5.74) is 3.00. The van der Waals surface area contributed by atoms with Crippen molar-refractivity contribution in [1.82, 2.24) is 10.2 Å². The molecule has 0 saturated heterocycles. The van der Waals surface area contributed by atoms with E-state index in [-0.39, 0.29) is 12.6 Å². The second-order valence-electron chi connectivity index (χ2n) is 6.08. The molecule has 26 heavy (non-hydrogen) atoms. The summed E-state index contributed by atoms with van der Waals surface area (Å²) in [7, 11) is 0. The van der Waals surface area contributed by atoms with E-state index < -0.39 is 12.0 Å². The molecule has 1 amide bonds. The van der Waals surface area contributed by atoms with Gasteiger partial charge in [-0.15, -0.1) is 5.10 Å². The summed E-state index contributed by atoms with van der Waals surface area (Å²) in [5, 5.41) is 10.5. The standard InChI is InChI=1S/C19H17N3O4/c1-11-7-8-13(12(2)9-11)18-21-22-19(26-18)20-17(23)16-10-24-14-5-3-4-6-15(14)25-16/h3-9,16H,10H2,1-2H3,(H,20,22,23). The fourth-order valence-electron chi connectivity index (χ4n) is 2.77. The summed E-state index contributed by atoms with van der Waals surface area (Å²) in [5.74, 6) is 1.09. The third kappa shape index (κ3) is 3.11. The molecule has 0 fully saturated rings. The van der Waals surface area contributed by atoms with Gasteiger partial charge in [0, 0.05) is 5.56 Å². The molecule has 2 heterocycles. The van der Waals surface area contributed by atoms with Crippen molar-refractivity contribution >= 4 is 11.9 Å². The van der Waals surface area contributed by atoms with Crippen LogP contribution in [0.4, 0.5) is 6.01 Å². The maximum absolute atomic E-state index is 12.4. The van der Waals surface area contributed by atoms with E-state index in [1.54, 1.807) is 12.1 Å². The first kappa shape index (κ1) is 16.1. The molecule has 0 spiro atoms. The number of anilines is 1. The van der Waals surface area contributed by atoms with E-state index in [1.165, 1.54) is 0 Å². The molecule has 1 atom stereocenters. The Kier molecular flexibility index (Phi) is 4.04. The lowest BCUT2D eigenvalue weighted by Gasteiger charge is -2.24. The van der Waals surface area contributed by atoms with Gasteiger partial charge in [-0.1, -0.05) is 34.9 Å². The Morgan fingerprint density at radius 3 is 2.73 bits per heavy atom. The minimum absolute atomic E-state index is 0.0208. The van der Waals surface area contributed by atoms with Crippen LogP contribution in [0.2, 0.25) is 0 Å². The normalized spacial score (nSPS) is 15.5. The zero-order valence-corrected chi connectivity index (χ0v) is 14.4. The number of nitrogens with zero attached hydrogens (tertiary/aromatic N) is 2. The Morgan fingerprint density at radius 2 is 1.92 bits per heavy atom. The number of benzene rings is 2. The van der Waals surface area contributed by atoms with E-state index in [1.807, 2.05) is 44.2 Å². The average Bonchev–Trinajstić information content (AvgIpc) is 3.09. The van der Waals surface area contributed by atoms with Crippen LogP contribution in [-0.4, -0.2) is 28.8 Å². The van der Waals surface area contributed by atoms with Crippen LogP contribution in [0.1, 0.15) is 11.1 Å². The fourth-order valence-corrected chi connectivity index (χ4v) is 2.77. The van der Waals surface area contributed by atoms with Crippen molar-refractivity contribution in [3.63, 3.8) is 0 Å². The summed E-state index contributed by atoms with van der Waals surface area (Å²) in [6, 6.07) is 13.1. The number of aromatic nitrogens is 2. The number of fused-ring (bicyclic) bond motifs is 1. The van der Waals surface area contributed by atoms with Crippen LogP contribution in [0.5, 0.6) is 11.5 Å². The van der Waals surface area contributed by atoms with Crippen LogP contribution >= 0.6 is 0 Å². The van der Waals surface area contributed by atoms with E-state index in [9.17, 15) is 4.79 Å². The zero-order valence-electron chi connectivity index (χ0n) is 14.4. The second kappa shape index (κ2) is 6.51. The van der Waals surface area contributed by atoms with E-state index in [2.05, 4.69) is 15.5 Å². The molecule has 7 heteroatoms. The third-order valence-corrected chi connectivity index (χ3v) is 4.07. The number of hydrogen-bond acceptors (Lipinski definition) is 6. The van der Waals surface area contributed by atoms with Crippen molar-refractivity contribution in [1.29, 1.82) is 0 Å². The molecule has 0 saturated carbocycles. The lowest BCUT2D eigenvalue weighted by molar-refractivity contribution is -0.125. The van der Waals surface area contributed by atoms with Crippen molar-refractivity contribution in [3.05, 3.63) is 53.6 Å². The molecule has 1 N–H and O–H groups in total. The van der Waals surface area contributed by atoms with Crippen molar-refractivity contribution in [3.8, 4) is 23.0 Å². The van der Waals surface area contributed by atoms with Gasteiger partial charge >= 0.3 is 6.01 Å². The van der Waals surface area contributed by atoms with Crippen molar-refractivity contribution < 1.29 is 18.7 Å². The van der Waals surface area contributed by atoms with Crippen LogP contribution in [0.15, 0.2) is 46.9 Å². The second-order valence-corrected chi connectivity index (χ2v) is 6.08. The van der Waals surface area contributed by atoms with Crippen molar-refractivity contribution in [2.45, 2.75) is 20.0 Å². The molecule has 0 radical (unpaired) electrons. The number of aryl methyl sites for hydroxylation is 2. The summed E-state index contributed by atoms with van der Waals surface area (Å²) < 4.78 is 16.8. The van der Waals surface area contributed by atoms with Gasteiger partial charge in [0.25, 0.3) is 5.91 Å². The Balaban J connectivity index is 1.47. The van der Waals surface area contributed by atoms with Gasteiger partial charge in [0.05, 0.1) is 0 Å². The minimum atomic E-state index is -0.790. The molecule has 2 aromatic carbocycles. The molecular formula is C19H17N3O4. The highest BCUT2D eigenvalue weighted by Crippen LogP contribution is 2.31. The molecule has 0 aliphatic carbocycles. The maximum atomic E-state index is 12.4. The molecule has 132 valence electrons. The van der Waals surface area contributed by atoms with Crippen molar-refractivity contribution in [2.75, 3.05) is 11.9 Å². The number of carbonyl (C=O) groups excluding carboxylic acids is 1. The summed E-state index contributed by atoms with van der Waals surface area (Å²) >= 11 is 0. The van der Waals surface area contributed by atoms with Gasteiger partial charge in [0.1, 0.15) is 6.61 Å². The molecule has 7 nitrogen and oxygen atoms in total. The molecule has 3 aromatic rings. The minimum Gasteiger partial charge on any atom is -0.485 e. The van der Waals surface area contributed by atoms with Gasteiger partial charge in [-0.3, -0.25) is 10.1 Å². The number of carbonyl (C=O) groups is 1. The van der Waals surface area contributed by atoms with E-state index in [0.717, 1.165) is 16.7 Å². The third-order valence-electron chi connectivity index (χ3n) is 4.07. The highest BCUT2D eigenvalue weighted by molar-refractivity contribution is 5.93. The fraction of sp³-hybridized carbons (Fsp3) is 0.211. The molecule has 1 aliphatic rings. The molecular weight excluding hydrogens is 334 g/mol. The van der Waals surface area contributed by atoms with Gasteiger partial charge in [-0.05, 0) is 37.6 Å². The largest absolute Gasteiger partial charge is 0.485 e. The van der Waals surface area contributed by atoms with Crippen LogP contribution in [0.3, 0.4) is 0 Å². The van der Waals surface area contributed by atoms with Crippen LogP contribution in [-0.2, 0) is 4.79 Å². The molecule has 1 aliphatic heterocycles. The number of ether oxygens (including phenoxy) is 2. The average molecular weight is 351 g/mol. The van der Waals surface area contributed by atoms with Gasteiger partial charge in [-0.25, -0.2) is 0 Å². The van der Waals surface area contributed by atoms with Crippen LogP contribution < -0.4 is 14.8 Å². The molecule has 1 unspecified atom stereocenters. The number of rotatable bonds is 3. The predicted octanol–water partition coefficient (Wildman–Crippen LogP) is 3.13. The highest BCUT2D eigenvalue weighted by atomic mass is 16.6. The Morgan fingerprint density at radius 1 is 1.12 bits per heavy atom. The lowest BCUT2D eigenvalue weighted by atomic mass is 10.1. The van der Waals surface area contributed by atoms with Gasteiger partial charge < -0.3 is 13.9 Å². The first-order valence-electron chi connectivity index (χ1n) is 8.20. The Bertz CT molecular complexity index is 967. The number of hydrogen-bond donors (Lipinski definition) is 1. The maximum Gasteiger partial charge on any atom is 0.322 e. The highest BCUT2D eigenvalue weighted by Gasteiger charge is 2.28. The van der Waals surface area contributed by atoms with Gasteiger partial charge in [0.2, 0.25) is 12.0 Å². The summed E-state index contributed by atoms with van der Waals surface area (Å²) in [6.07, 6.45) is -0.790. The van der Waals surface area contributed by atoms with Crippen LogP contribution in [0.25, 0.3) is 11.5 Å². The molecule has 4 rings (SSSR count). The molecule has 1 aromatic heterocycles. The predicted molar refractivity (Wildman–Crippen MR) is 94.2 cm³/mol. The van der Waals surface area contributed by atoms with Crippen LogP contribution in [0, 0.1) is 13.8 Å². The first-order valence-corrected chi connectivity index (χ1v) is 8.20. The summed E-state index contributed by atoms with van der Waals surface area (Å²) in [6.45, 7) is 4.09. The zero-order chi connectivity index (χ0) is 18.1.